The van der Waals surface area contributed by atoms with Crippen molar-refractivity contribution in [2.45, 2.75) is 23.6 Å². The van der Waals surface area contributed by atoms with Gasteiger partial charge in [-0.05, 0) is 79.6 Å². The molecule has 0 saturated carbocycles. The number of aryl methyl sites for hydroxylation is 2. The van der Waals surface area contributed by atoms with Crippen molar-refractivity contribution in [3.05, 3.63) is 71.8 Å². The molecule has 0 radical (unpaired) electrons. The molecule has 7 nitrogen and oxygen atoms in total. The quantitative estimate of drug-likeness (QED) is 0.420. The molecule has 2 N–H and O–H groups in total. The summed E-state index contributed by atoms with van der Waals surface area (Å²) < 4.78 is 38.4. The molecule has 174 valence electrons. The second-order valence-corrected chi connectivity index (χ2v) is 10.0. The lowest BCUT2D eigenvalue weighted by molar-refractivity contribution is -0.113. The fourth-order valence-electron chi connectivity index (χ4n) is 2.99. The first-order chi connectivity index (χ1) is 15.7. The second kappa shape index (κ2) is 10.6. The van der Waals surface area contributed by atoms with Crippen LogP contribution in [0.3, 0.4) is 0 Å². The molecule has 3 rings (SSSR count). The van der Waals surface area contributed by atoms with E-state index in [4.69, 9.17) is 9.47 Å². The van der Waals surface area contributed by atoms with Gasteiger partial charge >= 0.3 is 0 Å². The first kappa shape index (κ1) is 24.5. The second-order valence-electron chi connectivity index (χ2n) is 7.28. The normalized spacial score (nSPS) is 11.0. The maximum absolute atomic E-state index is 12.7. The van der Waals surface area contributed by atoms with Crippen LogP contribution in [0.2, 0.25) is 0 Å². The zero-order chi connectivity index (χ0) is 24.0. The number of methoxy groups -OCH3 is 2. The van der Waals surface area contributed by atoms with Gasteiger partial charge in [-0.15, -0.1) is 11.8 Å². The Balaban J connectivity index is 1.59. The van der Waals surface area contributed by atoms with Gasteiger partial charge in [-0.3, -0.25) is 9.52 Å². The number of sulfonamides is 1. The Morgan fingerprint density at radius 2 is 1.52 bits per heavy atom. The van der Waals surface area contributed by atoms with Crippen LogP contribution in [0.5, 0.6) is 11.5 Å². The van der Waals surface area contributed by atoms with Gasteiger partial charge in [0, 0.05) is 16.3 Å². The minimum atomic E-state index is -3.74. The van der Waals surface area contributed by atoms with E-state index in [9.17, 15) is 13.2 Å². The number of hydrogen-bond acceptors (Lipinski definition) is 6. The summed E-state index contributed by atoms with van der Waals surface area (Å²) in [5.74, 6) is 1.19. The first-order valence-corrected chi connectivity index (χ1v) is 12.5. The summed E-state index contributed by atoms with van der Waals surface area (Å²) in [6.07, 6.45) is 0. The van der Waals surface area contributed by atoms with Gasteiger partial charge in [0.05, 0.1) is 24.9 Å². The Morgan fingerprint density at radius 3 is 2.15 bits per heavy atom. The third kappa shape index (κ3) is 6.43. The first-order valence-electron chi connectivity index (χ1n) is 10.1. The summed E-state index contributed by atoms with van der Waals surface area (Å²) in [6, 6.07) is 16.9. The zero-order valence-corrected chi connectivity index (χ0v) is 20.5. The van der Waals surface area contributed by atoms with Gasteiger partial charge in [-0.2, -0.15) is 0 Å². The van der Waals surface area contributed by atoms with Gasteiger partial charge in [0.1, 0.15) is 0 Å². The highest BCUT2D eigenvalue weighted by atomic mass is 32.2. The van der Waals surface area contributed by atoms with E-state index in [1.54, 1.807) is 50.6 Å². The number of anilines is 2. The van der Waals surface area contributed by atoms with Crippen molar-refractivity contribution in [1.29, 1.82) is 0 Å². The van der Waals surface area contributed by atoms with Crippen LogP contribution in [0.25, 0.3) is 0 Å². The smallest absolute Gasteiger partial charge is 0.261 e. The van der Waals surface area contributed by atoms with Crippen LogP contribution in [0.15, 0.2) is 70.5 Å². The number of thioether (sulfide) groups is 1. The topological polar surface area (TPSA) is 93.7 Å². The minimum absolute atomic E-state index is 0.110. The van der Waals surface area contributed by atoms with Crippen LogP contribution in [0.4, 0.5) is 11.4 Å². The molecule has 33 heavy (non-hydrogen) atoms. The number of rotatable bonds is 9. The predicted molar refractivity (Wildman–Crippen MR) is 132 cm³/mol. The molecule has 0 bridgehead atoms. The van der Waals surface area contributed by atoms with Gasteiger partial charge in [0.25, 0.3) is 10.0 Å². The molecule has 1 amide bonds. The summed E-state index contributed by atoms with van der Waals surface area (Å²) in [5.41, 5.74) is 3.10. The van der Waals surface area contributed by atoms with Crippen molar-refractivity contribution >= 4 is 39.1 Å². The third-order valence-corrected chi connectivity index (χ3v) is 7.32. The fourth-order valence-corrected chi connectivity index (χ4v) is 4.76. The van der Waals surface area contributed by atoms with Crippen molar-refractivity contribution in [2.75, 3.05) is 30.0 Å². The Hall–Kier alpha value is -3.17. The number of carbonyl (C=O) groups is 1. The van der Waals surface area contributed by atoms with Crippen LogP contribution in [0.1, 0.15) is 11.1 Å². The van der Waals surface area contributed by atoms with Crippen LogP contribution < -0.4 is 19.5 Å². The van der Waals surface area contributed by atoms with Crippen molar-refractivity contribution in [1.82, 2.24) is 0 Å². The molecule has 0 saturated heterocycles. The molecule has 0 fully saturated rings. The van der Waals surface area contributed by atoms with Gasteiger partial charge in [-0.1, -0.05) is 6.07 Å². The van der Waals surface area contributed by atoms with E-state index in [1.807, 2.05) is 26.0 Å². The Labute approximate surface area is 198 Å². The van der Waals surface area contributed by atoms with E-state index < -0.39 is 10.0 Å². The summed E-state index contributed by atoms with van der Waals surface area (Å²) in [6.45, 7) is 3.89. The molecule has 3 aromatic carbocycles. The average molecular weight is 487 g/mol. The van der Waals surface area contributed by atoms with E-state index in [0.717, 1.165) is 16.0 Å². The van der Waals surface area contributed by atoms with Crippen molar-refractivity contribution in [3.8, 4) is 11.5 Å². The lowest BCUT2D eigenvalue weighted by Crippen LogP contribution is -2.15. The van der Waals surface area contributed by atoms with Gasteiger partial charge < -0.3 is 14.8 Å². The van der Waals surface area contributed by atoms with Crippen molar-refractivity contribution in [2.24, 2.45) is 0 Å². The molecule has 0 aliphatic rings. The SMILES string of the molecule is COc1ccc(SCC(=O)Nc2ccc(S(=O)(=O)Nc3ccc(C)c(C)c3)cc2)cc1OC. The number of nitrogens with one attached hydrogen (secondary N) is 2. The lowest BCUT2D eigenvalue weighted by atomic mass is 10.1. The van der Waals surface area contributed by atoms with Gasteiger partial charge in [0.15, 0.2) is 11.5 Å². The highest BCUT2D eigenvalue weighted by Crippen LogP contribution is 2.32. The monoisotopic (exact) mass is 486 g/mol. The number of benzene rings is 3. The van der Waals surface area contributed by atoms with Crippen molar-refractivity contribution < 1.29 is 22.7 Å². The molecule has 0 unspecified atom stereocenters. The van der Waals surface area contributed by atoms with Gasteiger partial charge in [-0.25, -0.2) is 8.42 Å². The average Bonchev–Trinajstić information content (AvgIpc) is 2.80. The number of carbonyl (C=O) groups excluding carboxylic acids is 1. The summed E-state index contributed by atoms with van der Waals surface area (Å²) in [4.78, 5) is 13.3. The third-order valence-electron chi connectivity index (χ3n) is 4.93. The lowest BCUT2D eigenvalue weighted by Gasteiger charge is -2.11. The molecule has 0 aromatic heterocycles. The molecule has 3 aromatic rings. The summed E-state index contributed by atoms with van der Waals surface area (Å²) in [7, 11) is -0.616. The Morgan fingerprint density at radius 1 is 0.848 bits per heavy atom. The largest absolute Gasteiger partial charge is 0.493 e. The standard InChI is InChI=1S/C24H26N2O5S2/c1-16-5-6-19(13-17(16)2)26-33(28,29)21-10-7-18(8-11-21)25-24(27)15-32-20-9-12-22(30-3)23(14-20)31-4/h5-14,26H,15H2,1-4H3,(H,25,27). The molecular weight excluding hydrogens is 460 g/mol. The maximum atomic E-state index is 12.7. The molecule has 0 aliphatic heterocycles. The van der Waals surface area contributed by atoms with E-state index in [1.165, 1.54) is 23.9 Å². The number of amides is 1. The molecule has 9 heteroatoms. The van der Waals surface area contributed by atoms with Crippen LogP contribution in [0, 0.1) is 13.8 Å². The summed E-state index contributed by atoms with van der Waals surface area (Å²) >= 11 is 1.35. The fraction of sp³-hybridized carbons (Fsp3) is 0.208. The van der Waals surface area contributed by atoms with Crippen LogP contribution in [-0.4, -0.2) is 34.3 Å². The van der Waals surface area contributed by atoms with E-state index in [0.29, 0.717) is 22.9 Å². The predicted octanol–water partition coefficient (Wildman–Crippen LogP) is 4.85. The van der Waals surface area contributed by atoms with Crippen LogP contribution in [-0.2, 0) is 14.8 Å². The highest BCUT2D eigenvalue weighted by Gasteiger charge is 2.15. The van der Waals surface area contributed by atoms with Crippen molar-refractivity contribution in [3.63, 3.8) is 0 Å². The number of hydrogen-bond donors (Lipinski definition) is 2. The van der Waals surface area contributed by atoms with Gasteiger partial charge in [0.2, 0.25) is 5.91 Å². The molecule has 0 heterocycles. The summed E-state index contributed by atoms with van der Waals surface area (Å²) in [5, 5.41) is 2.77. The minimum Gasteiger partial charge on any atom is -0.493 e. The Kier molecular flexibility index (Phi) is 7.88. The van der Waals surface area contributed by atoms with E-state index in [-0.39, 0.29) is 16.6 Å². The maximum Gasteiger partial charge on any atom is 0.261 e. The molecule has 0 atom stereocenters. The van der Waals surface area contributed by atoms with E-state index in [2.05, 4.69) is 10.0 Å². The highest BCUT2D eigenvalue weighted by molar-refractivity contribution is 8.00. The molecule has 0 aliphatic carbocycles. The molecule has 0 spiro atoms. The molecular formula is C24H26N2O5S2. The van der Waals surface area contributed by atoms with Crippen LogP contribution >= 0.6 is 11.8 Å². The zero-order valence-electron chi connectivity index (χ0n) is 18.8. The Bertz CT molecular complexity index is 1240. The van der Waals surface area contributed by atoms with E-state index >= 15 is 0 Å². The number of ether oxygens (including phenoxy) is 2.